The predicted molar refractivity (Wildman–Crippen MR) is 86.5 cm³/mol. The number of hydrogen-bond acceptors (Lipinski definition) is 4. The molecule has 112 valence electrons. The average molecular weight is 304 g/mol. The van der Waals surface area contributed by atoms with Gasteiger partial charge in [-0.3, -0.25) is 4.79 Å². The Labute approximate surface area is 128 Å². The maximum Gasteiger partial charge on any atom is 0.258 e. The van der Waals surface area contributed by atoms with E-state index < -0.39 is 0 Å². The lowest BCUT2D eigenvalue weighted by molar-refractivity contribution is 0.192. The van der Waals surface area contributed by atoms with Crippen LogP contribution in [0, 0.1) is 5.92 Å². The summed E-state index contributed by atoms with van der Waals surface area (Å²) in [6.45, 7) is 0.316. The smallest absolute Gasteiger partial charge is 0.258 e. The van der Waals surface area contributed by atoms with Crippen molar-refractivity contribution in [3.05, 3.63) is 40.4 Å². The lowest BCUT2D eigenvalue weighted by Crippen LogP contribution is -2.19. The van der Waals surface area contributed by atoms with Crippen LogP contribution in [0.1, 0.15) is 31.5 Å². The van der Waals surface area contributed by atoms with E-state index in [1.807, 2.05) is 30.0 Å². The Bertz CT molecular complexity index is 663. The van der Waals surface area contributed by atoms with Crippen LogP contribution in [-0.4, -0.2) is 26.9 Å². The highest BCUT2D eigenvalue weighted by Gasteiger charge is 2.21. The Kier molecular flexibility index (Phi) is 4.60. The van der Waals surface area contributed by atoms with Crippen LogP contribution in [0.15, 0.2) is 29.1 Å². The summed E-state index contributed by atoms with van der Waals surface area (Å²) in [7, 11) is 0. The molecule has 0 amide bonds. The van der Waals surface area contributed by atoms with Crippen LogP contribution in [-0.2, 0) is 5.75 Å². The van der Waals surface area contributed by atoms with E-state index in [1.165, 1.54) is 0 Å². The van der Waals surface area contributed by atoms with Gasteiger partial charge in [0.25, 0.3) is 5.56 Å². The van der Waals surface area contributed by atoms with E-state index >= 15 is 0 Å². The number of nitrogens with zero attached hydrogens (tertiary/aromatic N) is 1. The molecule has 4 nitrogen and oxygen atoms in total. The molecular weight excluding hydrogens is 284 g/mol. The summed E-state index contributed by atoms with van der Waals surface area (Å²) in [6, 6.07) is 7.44. The van der Waals surface area contributed by atoms with Crippen molar-refractivity contribution in [2.45, 2.75) is 36.7 Å². The van der Waals surface area contributed by atoms with Gasteiger partial charge in [-0.2, -0.15) is 11.8 Å². The minimum Gasteiger partial charge on any atom is -0.396 e. The van der Waals surface area contributed by atoms with Gasteiger partial charge < -0.3 is 10.1 Å². The fourth-order valence-corrected chi connectivity index (χ4v) is 4.02. The number of rotatable bonds is 4. The number of para-hydroxylation sites is 1. The predicted octanol–water partition coefficient (Wildman–Crippen LogP) is 2.71. The molecule has 1 fully saturated rings. The summed E-state index contributed by atoms with van der Waals surface area (Å²) in [6.07, 6.45) is 4.51. The molecule has 1 saturated carbocycles. The molecular formula is C16H20N2O2S. The number of benzene rings is 1. The third-order valence-corrected chi connectivity index (χ3v) is 5.55. The molecule has 5 heteroatoms. The normalized spacial score (nSPS) is 22.5. The standard InChI is InChI=1S/C16H20N2O2S/c19-9-11-5-7-12(8-6-11)21-10-15-17-14-4-2-1-3-13(14)16(20)18-15/h1-4,11-12,19H,5-10H2,(H,17,18,20). The minimum atomic E-state index is -0.0554. The van der Waals surface area contributed by atoms with Crippen LogP contribution in [0.25, 0.3) is 10.9 Å². The number of fused-ring (bicyclic) bond motifs is 1. The van der Waals surface area contributed by atoms with Crippen LogP contribution in [0.3, 0.4) is 0 Å². The van der Waals surface area contributed by atoms with Crippen LogP contribution < -0.4 is 5.56 Å². The average Bonchev–Trinajstić information content (AvgIpc) is 2.53. The van der Waals surface area contributed by atoms with Gasteiger partial charge in [-0.25, -0.2) is 4.98 Å². The first-order valence-corrected chi connectivity index (χ1v) is 8.51. The summed E-state index contributed by atoms with van der Waals surface area (Å²) < 4.78 is 0. The lowest BCUT2D eigenvalue weighted by atomic mass is 9.90. The Hall–Kier alpha value is -1.33. The van der Waals surface area contributed by atoms with E-state index in [0.717, 1.165) is 42.8 Å². The van der Waals surface area contributed by atoms with Gasteiger partial charge in [0.15, 0.2) is 0 Å². The molecule has 0 unspecified atom stereocenters. The monoisotopic (exact) mass is 304 g/mol. The Morgan fingerprint density at radius 1 is 1.24 bits per heavy atom. The second-order valence-corrected chi connectivity index (χ2v) is 6.95. The molecule has 0 atom stereocenters. The number of hydrogen-bond donors (Lipinski definition) is 2. The molecule has 2 N–H and O–H groups in total. The first-order valence-electron chi connectivity index (χ1n) is 7.46. The molecule has 1 aliphatic carbocycles. The SMILES string of the molecule is O=c1[nH]c(CSC2CCC(CO)CC2)nc2ccccc12. The van der Waals surface area contributed by atoms with Crippen molar-refractivity contribution in [2.24, 2.45) is 5.92 Å². The van der Waals surface area contributed by atoms with Gasteiger partial charge in [0.1, 0.15) is 5.82 Å². The van der Waals surface area contributed by atoms with E-state index in [0.29, 0.717) is 23.2 Å². The number of aliphatic hydroxyl groups is 1. The van der Waals surface area contributed by atoms with Gasteiger partial charge in [-0.1, -0.05) is 12.1 Å². The summed E-state index contributed by atoms with van der Waals surface area (Å²) >= 11 is 1.87. The Morgan fingerprint density at radius 2 is 2.00 bits per heavy atom. The largest absolute Gasteiger partial charge is 0.396 e. The summed E-state index contributed by atoms with van der Waals surface area (Å²) in [4.78, 5) is 19.4. The second-order valence-electron chi connectivity index (χ2n) is 5.67. The van der Waals surface area contributed by atoms with E-state index in [4.69, 9.17) is 5.11 Å². The zero-order chi connectivity index (χ0) is 14.7. The van der Waals surface area contributed by atoms with Crippen LogP contribution in [0.5, 0.6) is 0 Å². The fraction of sp³-hybridized carbons (Fsp3) is 0.500. The van der Waals surface area contributed by atoms with Crippen LogP contribution >= 0.6 is 11.8 Å². The summed E-state index contributed by atoms with van der Waals surface area (Å²) in [5.41, 5.74) is 0.709. The zero-order valence-corrected chi connectivity index (χ0v) is 12.7. The van der Waals surface area contributed by atoms with Crippen LogP contribution in [0.4, 0.5) is 0 Å². The Balaban J connectivity index is 1.65. The third kappa shape index (κ3) is 3.47. The lowest BCUT2D eigenvalue weighted by Gasteiger charge is -2.26. The Morgan fingerprint density at radius 3 is 2.76 bits per heavy atom. The first kappa shape index (κ1) is 14.6. The minimum absolute atomic E-state index is 0.0554. The number of aliphatic hydroxyl groups excluding tert-OH is 1. The molecule has 1 aliphatic rings. The fourth-order valence-electron chi connectivity index (χ4n) is 2.88. The number of aromatic nitrogens is 2. The van der Waals surface area contributed by atoms with Gasteiger partial charge in [-0.15, -0.1) is 0 Å². The molecule has 0 spiro atoms. The molecule has 3 rings (SSSR count). The van der Waals surface area contributed by atoms with Crippen molar-refractivity contribution < 1.29 is 5.11 Å². The second kappa shape index (κ2) is 6.62. The topological polar surface area (TPSA) is 66.0 Å². The number of nitrogens with one attached hydrogen (secondary N) is 1. The van der Waals surface area contributed by atoms with Crippen molar-refractivity contribution in [1.82, 2.24) is 9.97 Å². The highest BCUT2D eigenvalue weighted by molar-refractivity contribution is 7.99. The van der Waals surface area contributed by atoms with Crippen molar-refractivity contribution in [3.8, 4) is 0 Å². The quantitative estimate of drug-likeness (QED) is 0.911. The molecule has 1 heterocycles. The number of aromatic amines is 1. The van der Waals surface area contributed by atoms with Gasteiger partial charge >= 0.3 is 0 Å². The van der Waals surface area contributed by atoms with Crippen molar-refractivity contribution in [1.29, 1.82) is 0 Å². The zero-order valence-electron chi connectivity index (χ0n) is 11.9. The number of H-pyrrole nitrogens is 1. The molecule has 0 bridgehead atoms. The van der Waals surface area contributed by atoms with E-state index in [9.17, 15) is 4.79 Å². The molecule has 0 radical (unpaired) electrons. The van der Waals surface area contributed by atoms with E-state index in [2.05, 4.69) is 9.97 Å². The van der Waals surface area contributed by atoms with Gasteiger partial charge in [0.05, 0.1) is 16.7 Å². The van der Waals surface area contributed by atoms with Gasteiger partial charge in [0.2, 0.25) is 0 Å². The van der Waals surface area contributed by atoms with Crippen molar-refractivity contribution in [3.63, 3.8) is 0 Å². The van der Waals surface area contributed by atoms with Crippen molar-refractivity contribution >= 4 is 22.7 Å². The molecule has 1 aromatic carbocycles. The maximum atomic E-state index is 12.0. The highest BCUT2D eigenvalue weighted by Crippen LogP contribution is 2.32. The highest BCUT2D eigenvalue weighted by atomic mass is 32.2. The molecule has 1 aromatic heterocycles. The number of thioether (sulfide) groups is 1. The molecule has 0 saturated heterocycles. The van der Waals surface area contributed by atoms with E-state index in [1.54, 1.807) is 6.07 Å². The first-order chi connectivity index (χ1) is 10.3. The molecule has 0 aliphatic heterocycles. The molecule has 2 aromatic rings. The van der Waals surface area contributed by atoms with Crippen LogP contribution in [0.2, 0.25) is 0 Å². The van der Waals surface area contributed by atoms with Gasteiger partial charge in [0, 0.05) is 11.9 Å². The van der Waals surface area contributed by atoms with Crippen molar-refractivity contribution in [2.75, 3.05) is 6.61 Å². The summed E-state index contributed by atoms with van der Waals surface area (Å²) in [5, 5.41) is 10.4. The summed E-state index contributed by atoms with van der Waals surface area (Å²) in [5.74, 6) is 1.99. The third-order valence-electron chi connectivity index (χ3n) is 4.17. The maximum absolute atomic E-state index is 12.0. The molecule has 21 heavy (non-hydrogen) atoms. The van der Waals surface area contributed by atoms with Gasteiger partial charge in [-0.05, 0) is 43.7 Å². The van der Waals surface area contributed by atoms with E-state index in [-0.39, 0.29) is 5.56 Å².